The Morgan fingerprint density at radius 2 is 1.19 bits per heavy atom. The van der Waals surface area contributed by atoms with E-state index in [9.17, 15) is 4.79 Å². The van der Waals surface area contributed by atoms with Crippen molar-refractivity contribution < 1.29 is 34.8 Å². The van der Waals surface area contributed by atoms with E-state index in [1.165, 1.54) is 6.92 Å². The van der Waals surface area contributed by atoms with Crippen LogP contribution < -0.4 is 5.73 Å². The van der Waals surface area contributed by atoms with Gasteiger partial charge < -0.3 is 26.2 Å². The average Bonchev–Trinajstić information content (AvgIpc) is 2.00. The second-order valence-corrected chi connectivity index (χ2v) is 2.64. The molecule has 0 aliphatic rings. The molecular formula is C8H17NO7. The fraction of sp³-hybridized carbons (Fsp3) is 0.625. The average molecular weight is 239 g/mol. The molecule has 0 radical (unpaired) electrons. The van der Waals surface area contributed by atoms with Crippen LogP contribution in [0.1, 0.15) is 20.8 Å². The van der Waals surface area contributed by atoms with Gasteiger partial charge in [0.05, 0.1) is 6.10 Å². The molecule has 0 bridgehead atoms. The quantitative estimate of drug-likeness (QED) is 0.408. The topological polar surface area (TPSA) is 158 Å². The zero-order valence-corrected chi connectivity index (χ0v) is 9.25. The molecule has 0 amide bonds. The molecule has 8 nitrogen and oxygen atoms in total. The zero-order chi connectivity index (χ0) is 13.9. The van der Waals surface area contributed by atoms with Gasteiger partial charge >= 0.3 is 5.97 Å². The summed E-state index contributed by atoms with van der Waals surface area (Å²) in [6.07, 6.45) is -0.979. The van der Waals surface area contributed by atoms with Gasteiger partial charge in [0, 0.05) is 13.8 Å². The molecule has 0 fully saturated rings. The zero-order valence-electron chi connectivity index (χ0n) is 9.25. The van der Waals surface area contributed by atoms with Gasteiger partial charge in [0.1, 0.15) is 6.04 Å². The van der Waals surface area contributed by atoms with Crippen molar-refractivity contribution in [3.8, 4) is 0 Å². The van der Waals surface area contributed by atoms with Gasteiger partial charge in [-0.1, -0.05) is 0 Å². The number of hydrogen-bond donors (Lipinski definition) is 5. The van der Waals surface area contributed by atoms with Crippen LogP contribution in [0.25, 0.3) is 0 Å². The van der Waals surface area contributed by atoms with Crippen molar-refractivity contribution in [1.82, 2.24) is 0 Å². The Balaban J connectivity index is -0.000000179. The number of aliphatic carboxylic acids is 3. The fourth-order valence-corrected chi connectivity index (χ4v) is 0.206. The molecular weight excluding hydrogens is 222 g/mol. The van der Waals surface area contributed by atoms with E-state index >= 15 is 0 Å². The lowest BCUT2D eigenvalue weighted by Crippen LogP contribution is -2.39. The first-order valence-corrected chi connectivity index (χ1v) is 4.07. The first-order valence-electron chi connectivity index (χ1n) is 4.07. The van der Waals surface area contributed by atoms with Crippen molar-refractivity contribution in [2.24, 2.45) is 5.73 Å². The third-order valence-electron chi connectivity index (χ3n) is 0.805. The summed E-state index contributed by atoms with van der Waals surface area (Å²) in [5.41, 5.74) is 4.91. The van der Waals surface area contributed by atoms with E-state index in [2.05, 4.69) is 0 Å². The van der Waals surface area contributed by atoms with Crippen LogP contribution in [-0.2, 0) is 14.4 Å². The first kappa shape index (κ1) is 19.8. The van der Waals surface area contributed by atoms with Gasteiger partial charge in [-0.15, -0.1) is 0 Å². The molecule has 0 aromatic rings. The maximum absolute atomic E-state index is 9.86. The molecule has 0 spiro atoms. The molecule has 2 atom stereocenters. The molecule has 0 aliphatic heterocycles. The Labute approximate surface area is 92.3 Å². The molecule has 96 valence electrons. The molecule has 0 aromatic heterocycles. The Hall–Kier alpha value is -1.67. The molecule has 0 aromatic carbocycles. The van der Waals surface area contributed by atoms with E-state index in [0.29, 0.717) is 0 Å². The predicted octanol–water partition coefficient (Wildman–Crippen LogP) is -1.04. The number of carbonyl (C=O) groups is 3. The summed E-state index contributed by atoms with van der Waals surface area (Å²) in [5, 5.41) is 31.4. The summed E-state index contributed by atoms with van der Waals surface area (Å²) in [4.78, 5) is 27.9. The molecule has 16 heavy (non-hydrogen) atoms. The van der Waals surface area contributed by atoms with Crippen LogP contribution in [-0.4, -0.2) is 50.5 Å². The first-order chi connectivity index (χ1) is 7.02. The Bertz CT molecular complexity index is 206. The van der Waals surface area contributed by atoms with Crippen LogP contribution >= 0.6 is 0 Å². The molecule has 0 rings (SSSR count). The summed E-state index contributed by atoms with van der Waals surface area (Å²) >= 11 is 0. The second kappa shape index (κ2) is 11.4. The number of carboxylic acid groups (broad SMARTS) is 3. The van der Waals surface area contributed by atoms with E-state index < -0.39 is 30.1 Å². The van der Waals surface area contributed by atoms with Crippen LogP contribution in [0.5, 0.6) is 0 Å². The van der Waals surface area contributed by atoms with Crippen molar-refractivity contribution >= 4 is 17.9 Å². The molecule has 0 saturated heterocycles. The lowest BCUT2D eigenvalue weighted by atomic mass is 10.2. The van der Waals surface area contributed by atoms with E-state index in [1.54, 1.807) is 0 Å². The monoisotopic (exact) mass is 239 g/mol. The molecule has 6 N–H and O–H groups in total. The van der Waals surface area contributed by atoms with Gasteiger partial charge in [-0.05, 0) is 6.92 Å². The third kappa shape index (κ3) is 39.5. The highest BCUT2D eigenvalue weighted by atomic mass is 16.4. The minimum atomic E-state index is -1.18. The SMILES string of the molecule is CC(=O)O.CC(=O)O.CC(O)C(N)C(=O)O. The summed E-state index contributed by atoms with van der Waals surface area (Å²) in [7, 11) is 0. The number of rotatable bonds is 2. The molecule has 8 heteroatoms. The van der Waals surface area contributed by atoms with Gasteiger partial charge in [-0.3, -0.25) is 14.4 Å². The van der Waals surface area contributed by atoms with Crippen LogP contribution in [0.4, 0.5) is 0 Å². The van der Waals surface area contributed by atoms with Gasteiger partial charge in [0.2, 0.25) is 0 Å². The Kier molecular flexibility index (Phi) is 14.1. The maximum atomic E-state index is 9.86. The van der Waals surface area contributed by atoms with E-state index in [-0.39, 0.29) is 0 Å². The lowest BCUT2D eigenvalue weighted by molar-refractivity contribution is -0.141. The number of carboxylic acids is 3. The van der Waals surface area contributed by atoms with Gasteiger partial charge in [-0.25, -0.2) is 0 Å². The summed E-state index contributed by atoms with van der Waals surface area (Å²) in [6, 6.07) is -1.16. The highest BCUT2D eigenvalue weighted by Gasteiger charge is 2.16. The van der Waals surface area contributed by atoms with Crippen molar-refractivity contribution in [1.29, 1.82) is 0 Å². The van der Waals surface area contributed by atoms with Crippen LogP contribution in [0.2, 0.25) is 0 Å². The minimum absolute atomic E-state index is 0.833. The van der Waals surface area contributed by atoms with Crippen molar-refractivity contribution in [3.05, 3.63) is 0 Å². The highest BCUT2D eigenvalue weighted by molar-refractivity contribution is 5.73. The fourth-order valence-electron chi connectivity index (χ4n) is 0.206. The Morgan fingerprint density at radius 3 is 1.19 bits per heavy atom. The van der Waals surface area contributed by atoms with E-state index in [1.807, 2.05) is 0 Å². The van der Waals surface area contributed by atoms with Crippen LogP contribution in [0.15, 0.2) is 0 Å². The van der Waals surface area contributed by atoms with Gasteiger partial charge in [0.25, 0.3) is 11.9 Å². The van der Waals surface area contributed by atoms with Crippen LogP contribution in [0, 0.1) is 0 Å². The van der Waals surface area contributed by atoms with E-state index in [4.69, 9.17) is 35.7 Å². The third-order valence-corrected chi connectivity index (χ3v) is 0.805. The summed E-state index contributed by atoms with van der Waals surface area (Å²) in [5.74, 6) is -2.85. The lowest BCUT2D eigenvalue weighted by Gasteiger charge is -2.06. The second-order valence-electron chi connectivity index (χ2n) is 2.64. The highest BCUT2D eigenvalue weighted by Crippen LogP contribution is 1.85. The normalized spacial score (nSPS) is 11.8. The van der Waals surface area contributed by atoms with Gasteiger partial charge in [0.15, 0.2) is 0 Å². The molecule has 0 saturated carbocycles. The van der Waals surface area contributed by atoms with E-state index in [0.717, 1.165) is 13.8 Å². The maximum Gasteiger partial charge on any atom is 0.323 e. The number of aliphatic hydroxyl groups is 1. The number of nitrogens with two attached hydrogens (primary N) is 1. The van der Waals surface area contributed by atoms with Crippen molar-refractivity contribution in [2.45, 2.75) is 32.9 Å². The summed E-state index contributed by atoms with van der Waals surface area (Å²) < 4.78 is 0. The predicted molar refractivity (Wildman–Crippen MR) is 53.9 cm³/mol. The summed E-state index contributed by atoms with van der Waals surface area (Å²) in [6.45, 7) is 3.50. The standard InChI is InChI=1S/C4H9NO3.2C2H4O2/c1-2(6)3(5)4(7)8;2*1-2(3)4/h2-3,6H,5H2,1H3,(H,7,8);2*1H3,(H,3,4). The number of aliphatic hydroxyl groups excluding tert-OH is 1. The largest absolute Gasteiger partial charge is 0.481 e. The van der Waals surface area contributed by atoms with Gasteiger partial charge in [-0.2, -0.15) is 0 Å². The van der Waals surface area contributed by atoms with Crippen molar-refractivity contribution in [3.63, 3.8) is 0 Å². The van der Waals surface area contributed by atoms with Crippen molar-refractivity contribution in [2.75, 3.05) is 0 Å². The molecule has 0 aliphatic carbocycles. The molecule has 2 unspecified atom stereocenters. The van der Waals surface area contributed by atoms with Crippen LogP contribution in [0.3, 0.4) is 0 Å². The minimum Gasteiger partial charge on any atom is -0.481 e. The molecule has 0 heterocycles. The number of hydrogen-bond acceptors (Lipinski definition) is 5. The smallest absolute Gasteiger partial charge is 0.323 e. The Morgan fingerprint density at radius 1 is 1.00 bits per heavy atom.